The van der Waals surface area contributed by atoms with Crippen LogP contribution in [-0.2, 0) is 16.4 Å². The van der Waals surface area contributed by atoms with Crippen molar-refractivity contribution < 1.29 is 8.42 Å². The number of aromatic amines is 1. The van der Waals surface area contributed by atoms with Gasteiger partial charge in [-0.05, 0) is 34.5 Å². The number of sulfonamides is 1. The highest BCUT2D eigenvalue weighted by atomic mass is 79.9. The van der Waals surface area contributed by atoms with E-state index in [2.05, 4.69) is 35.6 Å². The molecule has 0 saturated heterocycles. The van der Waals surface area contributed by atoms with Crippen molar-refractivity contribution in [3.05, 3.63) is 34.5 Å². The van der Waals surface area contributed by atoms with Crippen LogP contribution in [0.25, 0.3) is 0 Å². The van der Waals surface area contributed by atoms with Gasteiger partial charge in [0.05, 0.1) is 18.1 Å². The van der Waals surface area contributed by atoms with Gasteiger partial charge in [0.25, 0.3) is 10.0 Å². The van der Waals surface area contributed by atoms with Gasteiger partial charge in [-0.1, -0.05) is 6.92 Å². The molecule has 0 aromatic carbocycles. The highest BCUT2D eigenvalue weighted by Gasteiger charge is 2.17. The number of aromatic nitrogens is 3. The third-order valence-electron chi connectivity index (χ3n) is 2.50. The Hall–Kier alpha value is -1.41. The number of hydrogen-bond donors (Lipinski definition) is 2. The van der Waals surface area contributed by atoms with Gasteiger partial charge in [-0.2, -0.15) is 8.42 Å². The Kier molecular flexibility index (Phi) is 3.91. The highest BCUT2D eigenvalue weighted by Crippen LogP contribution is 2.19. The van der Waals surface area contributed by atoms with E-state index in [1.165, 1.54) is 12.4 Å². The zero-order chi connectivity index (χ0) is 14.0. The number of H-pyrrole nitrogens is 1. The lowest BCUT2D eigenvalue weighted by molar-refractivity contribution is 0.598. The van der Waals surface area contributed by atoms with Gasteiger partial charge in [0, 0.05) is 6.42 Å². The van der Waals surface area contributed by atoms with Crippen molar-refractivity contribution in [1.82, 2.24) is 15.0 Å². The number of imidazole rings is 1. The minimum Gasteiger partial charge on any atom is -0.332 e. The van der Waals surface area contributed by atoms with E-state index in [1.54, 1.807) is 6.07 Å². The second-order valence-corrected chi connectivity index (χ2v) is 6.39. The van der Waals surface area contributed by atoms with Gasteiger partial charge in [0.2, 0.25) is 0 Å². The predicted octanol–water partition coefficient (Wildman–Crippen LogP) is 2.24. The van der Waals surface area contributed by atoms with Gasteiger partial charge < -0.3 is 4.98 Å². The molecule has 0 bridgehead atoms. The fourth-order valence-electron chi connectivity index (χ4n) is 1.48. The summed E-state index contributed by atoms with van der Waals surface area (Å²) in [5.74, 6) is 0.630. The van der Waals surface area contributed by atoms with Crippen LogP contribution in [0.15, 0.2) is 28.1 Å². The summed E-state index contributed by atoms with van der Waals surface area (Å²) in [5.41, 5.74) is 1.26. The van der Waals surface area contributed by atoms with Gasteiger partial charge in [-0.15, -0.1) is 0 Å². The Balaban J connectivity index is 2.28. The van der Waals surface area contributed by atoms with Gasteiger partial charge >= 0.3 is 0 Å². The molecule has 0 aliphatic rings. The molecule has 2 aromatic heterocycles. The fraction of sp³-hybridized carbons (Fsp3) is 0.273. The molecule has 0 saturated carbocycles. The van der Waals surface area contributed by atoms with E-state index in [9.17, 15) is 8.42 Å². The number of hydrogen-bond acceptors (Lipinski definition) is 4. The van der Waals surface area contributed by atoms with E-state index < -0.39 is 10.0 Å². The normalized spacial score (nSPS) is 11.5. The van der Waals surface area contributed by atoms with E-state index in [-0.39, 0.29) is 5.03 Å². The number of pyridine rings is 1. The van der Waals surface area contributed by atoms with Crippen LogP contribution in [0, 0.1) is 6.92 Å². The molecule has 0 atom stereocenters. The lowest BCUT2D eigenvalue weighted by Gasteiger charge is -2.07. The number of rotatable bonds is 4. The van der Waals surface area contributed by atoms with Crippen LogP contribution in [0.2, 0.25) is 0 Å². The molecule has 0 amide bonds. The number of halogens is 1. The maximum absolute atomic E-state index is 12.1. The molecule has 0 radical (unpaired) electrons. The van der Waals surface area contributed by atoms with Gasteiger partial charge in [-0.3, -0.25) is 4.72 Å². The SMILES string of the molecule is CCc1ncc(S(=O)(=O)Nc2cnc(Br)c(C)c2)[nH]1. The largest absolute Gasteiger partial charge is 0.332 e. The first kappa shape index (κ1) is 14.0. The monoisotopic (exact) mass is 344 g/mol. The summed E-state index contributed by atoms with van der Waals surface area (Å²) < 4.78 is 27.4. The molecule has 6 nitrogen and oxygen atoms in total. The van der Waals surface area contributed by atoms with Crippen LogP contribution in [0.1, 0.15) is 18.3 Å². The van der Waals surface area contributed by atoms with Crippen molar-refractivity contribution in [3.63, 3.8) is 0 Å². The zero-order valence-electron chi connectivity index (χ0n) is 10.4. The van der Waals surface area contributed by atoms with E-state index >= 15 is 0 Å². The molecule has 0 unspecified atom stereocenters. The minimum atomic E-state index is -3.66. The van der Waals surface area contributed by atoms with Crippen molar-refractivity contribution in [2.24, 2.45) is 0 Å². The average Bonchev–Trinajstić information content (AvgIpc) is 2.83. The molecular formula is C11H13BrN4O2S. The number of nitrogens with one attached hydrogen (secondary N) is 2. The van der Waals surface area contributed by atoms with Gasteiger partial charge in [0.1, 0.15) is 10.4 Å². The molecule has 0 spiro atoms. The van der Waals surface area contributed by atoms with Crippen LogP contribution in [0.4, 0.5) is 5.69 Å². The molecule has 0 aliphatic carbocycles. The number of anilines is 1. The Bertz CT molecular complexity index is 696. The molecular weight excluding hydrogens is 332 g/mol. The van der Waals surface area contributed by atoms with Crippen LogP contribution in [-0.4, -0.2) is 23.4 Å². The number of nitrogens with zero attached hydrogens (tertiary/aromatic N) is 2. The summed E-state index contributed by atoms with van der Waals surface area (Å²) >= 11 is 3.26. The molecule has 2 rings (SSSR count). The van der Waals surface area contributed by atoms with E-state index in [1.807, 2.05) is 13.8 Å². The maximum Gasteiger partial charge on any atom is 0.279 e. The average molecular weight is 345 g/mol. The molecule has 8 heteroatoms. The molecule has 2 heterocycles. The Morgan fingerprint density at radius 1 is 1.37 bits per heavy atom. The Labute approximate surface area is 119 Å². The third-order valence-corrected chi connectivity index (χ3v) is 4.62. The quantitative estimate of drug-likeness (QED) is 0.832. The van der Waals surface area contributed by atoms with Crippen molar-refractivity contribution in [2.75, 3.05) is 4.72 Å². The van der Waals surface area contributed by atoms with E-state index in [0.29, 0.717) is 22.5 Å². The second-order valence-electron chi connectivity index (χ2n) is 3.98. The van der Waals surface area contributed by atoms with Gasteiger partial charge in [-0.25, -0.2) is 9.97 Å². The molecule has 0 aliphatic heterocycles. The maximum atomic E-state index is 12.1. The minimum absolute atomic E-state index is 0.0462. The molecule has 2 N–H and O–H groups in total. The van der Waals surface area contributed by atoms with Crippen molar-refractivity contribution >= 4 is 31.6 Å². The molecule has 102 valence electrons. The number of aryl methyl sites for hydroxylation is 2. The van der Waals surface area contributed by atoms with E-state index in [4.69, 9.17) is 0 Å². The third kappa shape index (κ3) is 3.13. The zero-order valence-corrected chi connectivity index (χ0v) is 12.8. The summed E-state index contributed by atoms with van der Waals surface area (Å²) in [6, 6.07) is 1.70. The first-order valence-corrected chi connectivity index (χ1v) is 7.89. The molecule has 19 heavy (non-hydrogen) atoms. The summed E-state index contributed by atoms with van der Waals surface area (Å²) in [7, 11) is -3.66. The topological polar surface area (TPSA) is 87.7 Å². The standard InChI is InChI=1S/C11H13BrN4O2S/c1-3-9-13-6-10(15-9)19(17,18)16-8-4-7(2)11(12)14-5-8/h4-6,16H,3H2,1-2H3,(H,13,15). The molecule has 2 aromatic rings. The van der Waals surface area contributed by atoms with Crippen molar-refractivity contribution in [1.29, 1.82) is 0 Å². The summed E-state index contributed by atoms with van der Waals surface area (Å²) in [6.07, 6.45) is 3.40. The highest BCUT2D eigenvalue weighted by molar-refractivity contribution is 9.10. The second kappa shape index (κ2) is 5.30. The van der Waals surface area contributed by atoms with Crippen LogP contribution < -0.4 is 4.72 Å². The van der Waals surface area contributed by atoms with E-state index in [0.717, 1.165) is 5.56 Å². The smallest absolute Gasteiger partial charge is 0.279 e. The summed E-state index contributed by atoms with van der Waals surface area (Å²) in [4.78, 5) is 10.8. The van der Waals surface area contributed by atoms with Crippen molar-refractivity contribution in [2.45, 2.75) is 25.3 Å². The predicted molar refractivity (Wildman–Crippen MR) is 75.4 cm³/mol. The Morgan fingerprint density at radius 2 is 2.11 bits per heavy atom. The summed E-state index contributed by atoms with van der Waals surface area (Å²) in [5, 5.41) is 0.0462. The van der Waals surface area contributed by atoms with Crippen LogP contribution in [0.5, 0.6) is 0 Å². The lowest BCUT2D eigenvalue weighted by atomic mass is 10.3. The van der Waals surface area contributed by atoms with Gasteiger partial charge in [0.15, 0.2) is 5.03 Å². The lowest BCUT2D eigenvalue weighted by Crippen LogP contribution is -2.13. The van der Waals surface area contributed by atoms with Crippen molar-refractivity contribution in [3.8, 4) is 0 Å². The molecule has 0 fully saturated rings. The summed E-state index contributed by atoms with van der Waals surface area (Å²) in [6.45, 7) is 3.73. The first-order chi connectivity index (χ1) is 8.92. The fourth-order valence-corrected chi connectivity index (χ4v) is 2.68. The van der Waals surface area contributed by atoms with Crippen LogP contribution in [0.3, 0.4) is 0 Å². The Morgan fingerprint density at radius 3 is 2.68 bits per heavy atom. The van der Waals surface area contributed by atoms with Crippen LogP contribution >= 0.6 is 15.9 Å². The first-order valence-electron chi connectivity index (χ1n) is 5.61.